The molecule has 0 atom stereocenters. The molecule has 1 aliphatic rings. The maximum atomic E-state index is 13.3. The summed E-state index contributed by atoms with van der Waals surface area (Å²) < 4.78 is 16.0. The Morgan fingerprint density at radius 2 is 1.76 bits per heavy atom. The maximum absolute atomic E-state index is 13.3. The molecule has 0 spiro atoms. The van der Waals surface area contributed by atoms with E-state index in [1.807, 2.05) is 24.3 Å². The average molecular weight is 463 g/mol. The molecular formula is C25H27FN6O2. The third-order valence-corrected chi connectivity index (χ3v) is 6.37. The number of fused-ring (bicyclic) bond motifs is 3. The van der Waals surface area contributed by atoms with Crippen molar-refractivity contribution in [2.75, 3.05) is 31.1 Å². The Morgan fingerprint density at radius 3 is 2.50 bits per heavy atom. The van der Waals surface area contributed by atoms with E-state index in [4.69, 9.17) is 0 Å². The van der Waals surface area contributed by atoms with Crippen LogP contribution in [0.1, 0.15) is 25.6 Å². The lowest BCUT2D eigenvalue weighted by Gasteiger charge is -2.36. The number of carbonyl (C=O) groups excluding carboxylic acids is 1. The predicted octanol–water partition coefficient (Wildman–Crippen LogP) is 2.87. The van der Waals surface area contributed by atoms with Gasteiger partial charge in [-0.05, 0) is 42.8 Å². The van der Waals surface area contributed by atoms with Gasteiger partial charge in [0, 0.05) is 43.7 Å². The number of nitrogens with zero attached hydrogens (tertiary/aromatic N) is 6. The Balaban J connectivity index is 1.39. The zero-order valence-corrected chi connectivity index (χ0v) is 19.2. The van der Waals surface area contributed by atoms with Gasteiger partial charge in [0.25, 0.3) is 0 Å². The molecule has 34 heavy (non-hydrogen) atoms. The van der Waals surface area contributed by atoms with Crippen molar-refractivity contribution in [2.45, 2.75) is 32.7 Å². The van der Waals surface area contributed by atoms with Crippen molar-refractivity contribution in [3.8, 4) is 0 Å². The van der Waals surface area contributed by atoms with E-state index in [-0.39, 0.29) is 24.0 Å². The van der Waals surface area contributed by atoms with Crippen molar-refractivity contribution in [1.29, 1.82) is 0 Å². The van der Waals surface area contributed by atoms with Gasteiger partial charge in [0.15, 0.2) is 11.5 Å². The summed E-state index contributed by atoms with van der Waals surface area (Å²) in [6.45, 7) is 4.41. The molecule has 1 aliphatic heterocycles. The van der Waals surface area contributed by atoms with E-state index in [0.717, 1.165) is 23.9 Å². The van der Waals surface area contributed by atoms with Gasteiger partial charge in [-0.3, -0.25) is 9.36 Å². The molecule has 1 fully saturated rings. The highest BCUT2D eigenvalue weighted by Gasteiger charge is 2.23. The lowest BCUT2D eigenvalue weighted by molar-refractivity contribution is -0.132. The number of amides is 1. The van der Waals surface area contributed by atoms with Crippen LogP contribution < -0.4 is 10.6 Å². The summed E-state index contributed by atoms with van der Waals surface area (Å²) in [6.07, 6.45) is 2.68. The molecule has 176 valence electrons. The van der Waals surface area contributed by atoms with E-state index in [1.165, 1.54) is 21.2 Å². The fraction of sp³-hybridized carbons (Fsp3) is 0.360. The van der Waals surface area contributed by atoms with E-state index in [0.29, 0.717) is 49.6 Å². The Kier molecular flexibility index (Phi) is 6.00. The van der Waals surface area contributed by atoms with Crippen LogP contribution in [0.5, 0.6) is 0 Å². The number of unbranched alkanes of at least 4 members (excludes halogenated alkanes) is 1. The zero-order valence-electron chi connectivity index (χ0n) is 19.2. The molecule has 3 heterocycles. The normalized spacial score (nSPS) is 14.3. The second-order valence-electron chi connectivity index (χ2n) is 8.60. The quantitative estimate of drug-likeness (QED) is 0.441. The van der Waals surface area contributed by atoms with Crippen LogP contribution in [-0.4, -0.2) is 56.2 Å². The summed E-state index contributed by atoms with van der Waals surface area (Å²) in [5, 5.41) is 5.24. The van der Waals surface area contributed by atoms with Crippen molar-refractivity contribution in [1.82, 2.24) is 24.1 Å². The van der Waals surface area contributed by atoms with Gasteiger partial charge in [-0.1, -0.05) is 25.5 Å². The largest absolute Gasteiger partial charge is 0.368 e. The highest BCUT2D eigenvalue weighted by atomic mass is 19.1. The van der Waals surface area contributed by atoms with Crippen LogP contribution in [0.4, 0.5) is 10.1 Å². The summed E-state index contributed by atoms with van der Waals surface area (Å²) >= 11 is 0. The summed E-state index contributed by atoms with van der Waals surface area (Å²) in [7, 11) is 0. The number of aromatic nitrogens is 4. The van der Waals surface area contributed by atoms with Gasteiger partial charge >= 0.3 is 5.69 Å². The predicted molar refractivity (Wildman–Crippen MR) is 129 cm³/mol. The lowest BCUT2D eigenvalue weighted by Crippen LogP contribution is -2.50. The lowest BCUT2D eigenvalue weighted by atomic mass is 10.2. The van der Waals surface area contributed by atoms with Crippen LogP contribution >= 0.6 is 0 Å². The maximum Gasteiger partial charge on any atom is 0.351 e. The number of carbonyl (C=O) groups is 1. The van der Waals surface area contributed by atoms with E-state index in [9.17, 15) is 14.0 Å². The first-order valence-corrected chi connectivity index (χ1v) is 11.7. The fourth-order valence-corrected chi connectivity index (χ4v) is 4.47. The first kappa shape index (κ1) is 22.1. The van der Waals surface area contributed by atoms with Crippen LogP contribution in [0.3, 0.4) is 0 Å². The van der Waals surface area contributed by atoms with Crippen LogP contribution in [0.2, 0.25) is 0 Å². The molecule has 1 amide bonds. The molecule has 0 saturated carbocycles. The van der Waals surface area contributed by atoms with Gasteiger partial charge < -0.3 is 9.80 Å². The minimum absolute atomic E-state index is 0.0595. The smallest absolute Gasteiger partial charge is 0.351 e. The van der Waals surface area contributed by atoms with Gasteiger partial charge in [0.2, 0.25) is 5.91 Å². The van der Waals surface area contributed by atoms with Gasteiger partial charge in [-0.25, -0.2) is 14.2 Å². The van der Waals surface area contributed by atoms with E-state index in [2.05, 4.69) is 21.9 Å². The van der Waals surface area contributed by atoms with E-state index >= 15 is 0 Å². The molecule has 0 radical (unpaired) electrons. The number of hydrogen-bond donors (Lipinski definition) is 0. The second-order valence-corrected chi connectivity index (χ2v) is 8.60. The number of benzene rings is 2. The van der Waals surface area contributed by atoms with Crippen LogP contribution in [0.25, 0.3) is 16.6 Å². The zero-order chi connectivity index (χ0) is 23.7. The van der Waals surface area contributed by atoms with Crippen LogP contribution in [-0.2, 0) is 17.8 Å². The third kappa shape index (κ3) is 4.13. The number of rotatable bonds is 6. The summed E-state index contributed by atoms with van der Waals surface area (Å²) in [5.41, 5.74) is 1.78. The Morgan fingerprint density at radius 1 is 1.03 bits per heavy atom. The highest BCUT2D eigenvalue weighted by Crippen LogP contribution is 2.19. The summed E-state index contributed by atoms with van der Waals surface area (Å²) in [4.78, 5) is 35.0. The molecule has 0 aliphatic carbocycles. The Bertz CT molecular complexity index is 1390. The fourth-order valence-electron chi connectivity index (χ4n) is 4.47. The molecule has 8 nitrogen and oxygen atoms in total. The molecule has 2 aromatic heterocycles. The topological polar surface area (TPSA) is 75.7 Å². The molecule has 2 aromatic carbocycles. The van der Waals surface area contributed by atoms with Crippen molar-refractivity contribution in [2.24, 2.45) is 0 Å². The van der Waals surface area contributed by atoms with E-state index < -0.39 is 0 Å². The number of halogens is 1. The van der Waals surface area contributed by atoms with Crippen molar-refractivity contribution in [3.63, 3.8) is 0 Å². The number of hydrogen-bond acceptors (Lipinski definition) is 5. The minimum Gasteiger partial charge on any atom is -0.368 e. The molecule has 4 aromatic rings. The first-order chi connectivity index (χ1) is 16.5. The summed E-state index contributed by atoms with van der Waals surface area (Å²) in [6, 6.07) is 13.9. The molecule has 0 bridgehead atoms. The third-order valence-electron chi connectivity index (χ3n) is 6.37. The Hall–Kier alpha value is -3.75. The second kappa shape index (κ2) is 9.24. The molecular weight excluding hydrogens is 435 g/mol. The molecule has 5 rings (SSSR count). The first-order valence-electron chi connectivity index (χ1n) is 11.7. The van der Waals surface area contributed by atoms with Gasteiger partial charge in [-0.15, -0.1) is 5.10 Å². The van der Waals surface area contributed by atoms with Gasteiger partial charge in [-0.2, -0.15) is 4.52 Å². The molecule has 9 heteroatoms. The number of aryl methyl sites for hydroxylation is 1. The molecule has 0 unspecified atom stereocenters. The van der Waals surface area contributed by atoms with Crippen molar-refractivity contribution >= 4 is 28.1 Å². The van der Waals surface area contributed by atoms with E-state index in [1.54, 1.807) is 17.0 Å². The minimum atomic E-state index is -0.359. The average Bonchev–Trinajstić information content (AvgIpc) is 3.30. The number of anilines is 1. The monoisotopic (exact) mass is 462 g/mol. The standard InChI is InChI=1S/C25H27FN6O2/c1-2-3-8-22-27-24-20-6-4-5-7-21(20)31(25(34)32(24)28-22)17-23(33)30-15-13-29(14-16-30)19-11-9-18(26)10-12-19/h4-7,9-12H,2-3,8,13-17H2,1H3. The van der Waals surface area contributed by atoms with Crippen molar-refractivity contribution < 1.29 is 9.18 Å². The van der Waals surface area contributed by atoms with Crippen LogP contribution in [0, 0.1) is 5.82 Å². The van der Waals surface area contributed by atoms with Gasteiger partial charge in [0.1, 0.15) is 12.4 Å². The van der Waals surface area contributed by atoms with Crippen LogP contribution in [0.15, 0.2) is 53.3 Å². The van der Waals surface area contributed by atoms with Crippen molar-refractivity contribution in [3.05, 3.63) is 70.7 Å². The summed E-state index contributed by atoms with van der Waals surface area (Å²) in [5.74, 6) is 0.263. The number of para-hydroxylation sites is 1. The van der Waals surface area contributed by atoms with Gasteiger partial charge in [0.05, 0.1) is 5.52 Å². The SMILES string of the molecule is CCCCc1nc2c3ccccc3n(CC(=O)N3CCN(c4ccc(F)cc4)CC3)c(=O)n2n1. The molecule has 1 saturated heterocycles. The molecule has 0 N–H and O–H groups in total. The highest BCUT2D eigenvalue weighted by molar-refractivity contribution is 5.92. The number of piperazine rings is 1. The Labute approximate surface area is 196 Å².